The first kappa shape index (κ1) is 18.4. The lowest BCUT2D eigenvalue weighted by atomic mass is 9.90. The van der Waals surface area contributed by atoms with Gasteiger partial charge in [-0.3, -0.25) is 14.9 Å². The average Bonchev–Trinajstić information content (AvgIpc) is 3.03. The summed E-state index contributed by atoms with van der Waals surface area (Å²) in [6, 6.07) is 8.12. The van der Waals surface area contributed by atoms with Crippen molar-refractivity contribution in [3.8, 4) is 11.3 Å². The van der Waals surface area contributed by atoms with Crippen LogP contribution in [0.2, 0.25) is 0 Å². The maximum atomic E-state index is 12.4. The van der Waals surface area contributed by atoms with Crippen LogP contribution in [-0.2, 0) is 4.79 Å². The molecule has 0 bridgehead atoms. The SMILES string of the molecule is Cc1ccc([N+](=O)[O-])cc1-c1ccc(/C=N\NC(=O)[C@@H]2[C@@H]3CCCC[C@]23C)o1. The fourth-order valence-electron chi connectivity index (χ4n) is 4.64. The molecule has 2 fully saturated rings. The van der Waals surface area contributed by atoms with Crippen LogP contribution in [-0.4, -0.2) is 17.0 Å². The Morgan fingerprint density at radius 2 is 2.18 bits per heavy atom. The number of nitrogens with zero attached hydrogens (tertiary/aromatic N) is 2. The molecule has 0 saturated heterocycles. The molecule has 1 aromatic heterocycles. The molecule has 1 aromatic carbocycles. The summed E-state index contributed by atoms with van der Waals surface area (Å²) in [7, 11) is 0. The molecule has 1 amide bonds. The fraction of sp³-hybridized carbons (Fsp3) is 0.429. The number of amides is 1. The summed E-state index contributed by atoms with van der Waals surface area (Å²) >= 11 is 0. The number of furan rings is 1. The number of non-ortho nitro benzene ring substituents is 1. The van der Waals surface area contributed by atoms with Crippen molar-refractivity contribution < 1.29 is 14.1 Å². The van der Waals surface area contributed by atoms with Crippen LogP contribution in [0.3, 0.4) is 0 Å². The maximum absolute atomic E-state index is 12.4. The van der Waals surface area contributed by atoms with Gasteiger partial charge in [0.15, 0.2) is 0 Å². The van der Waals surface area contributed by atoms with E-state index in [0.717, 1.165) is 18.4 Å². The third-order valence-electron chi connectivity index (χ3n) is 6.30. The number of hydrogen-bond donors (Lipinski definition) is 1. The summed E-state index contributed by atoms with van der Waals surface area (Å²) in [5.41, 5.74) is 4.34. The molecular formula is C21H23N3O4. The minimum absolute atomic E-state index is 0.0128. The highest BCUT2D eigenvalue weighted by molar-refractivity contribution is 5.85. The zero-order valence-corrected chi connectivity index (χ0v) is 16.0. The molecular weight excluding hydrogens is 358 g/mol. The van der Waals surface area contributed by atoms with Gasteiger partial charge in [0, 0.05) is 23.6 Å². The van der Waals surface area contributed by atoms with Crippen molar-refractivity contribution in [1.82, 2.24) is 5.43 Å². The number of nitrogens with one attached hydrogen (secondary N) is 1. The van der Waals surface area contributed by atoms with Crippen molar-refractivity contribution in [2.24, 2.45) is 22.4 Å². The number of nitro benzene ring substituents is 1. The van der Waals surface area contributed by atoms with Crippen molar-refractivity contribution in [3.05, 3.63) is 51.8 Å². The van der Waals surface area contributed by atoms with Gasteiger partial charge in [0.2, 0.25) is 5.91 Å². The number of aryl methyl sites for hydroxylation is 1. The second-order valence-corrected chi connectivity index (χ2v) is 8.03. The third kappa shape index (κ3) is 3.21. The van der Waals surface area contributed by atoms with E-state index in [1.54, 1.807) is 18.2 Å². The monoisotopic (exact) mass is 381 g/mol. The second-order valence-electron chi connectivity index (χ2n) is 8.03. The van der Waals surface area contributed by atoms with Crippen LogP contribution in [0.1, 0.15) is 43.9 Å². The second kappa shape index (κ2) is 6.89. The number of benzene rings is 1. The lowest BCUT2D eigenvalue weighted by Gasteiger charge is -2.15. The van der Waals surface area contributed by atoms with Gasteiger partial charge in [-0.2, -0.15) is 5.10 Å². The van der Waals surface area contributed by atoms with Gasteiger partial charge in [-0.1, -0.05) is 25.8 Å². The Bertz CT molecular complexity index is 964. The first-order valence-electron chi connectivity index (χ1n) is 9.58. The van der Waals surface area contributed by atoms with E-state index in [0.29, 0.717) is 23.0 Å². The molecule has 2 aromatic rings. The number of nitro groups is 1. The molecule has 1 heterocycles. The van der Waals surface area contributed by atoms with Gasteiger partial charge in [0.1, 0.15) is 11.5 Å². The summed E-state index contributed by atoms with van der Waals surface area (Å²) in [6.45, 7) is 4.07. The van der Waals surface area contributed by atoms with Crippen LogP contribution in [0.5, 0.6) is 0 Å². The first-order valence-corrected chi connectivity index (χ1v) is 9.58. The Labute approximate surface area is 163 Å². The van der Waals surface area contributed by atoms with Crippen LogP contribution < -0.4 is 5.43 Å². The molecule has 4 rings (SSSR count). The van der Waals surface area contributed by atoms with Crippen LogP contribution in [0.4, 0.5) is 5.69 Å². The smallest absolute Gasteiger partial charge is 0.270 e. The van der Waals surface area contributed by atoms with Gasteiger partial charge >= 0.3 is 0 Å². The molecule has 0 radical (unpaired) electrons. The predicted molar refractivity (Wildman–Crippen MR) is 105 cm³/mol. The van der Waals surface area contributed by atoms with Crippen LogP contribution in [0.25, 0.3) is 11.3 Å². The van der Waals surface area contributed by atoms with Crippen LogP contribution >= 0.6 is 0 Å². The zero-order valence-electron chi connectivity index (χ0n) is 16.0. The average molecular weight is 381 g/mol. The highest BCUT2D eigenvalue weighted by atomic mass is 16.6. The van der Waals surface area contributed by atoms with E-state index in [-0.39, 0.29) is 22.9 Å². The summed E-state index contributed by atoms with van der Waals surface area (Å²) < 4.78 is 5.73. The van der Waals surface area contributed by atoms with Crippen molar-refractivity contribution in [2.45, 2.75) is 39.5 Å². The number of carbonyl (C=O) groups excluding carboxylic acids is 1. The van der Waals surface area contributed by atoms with E-state index in [4.69, 9.17) is 4.42 Å². The minimum Gasteiger partial charge on any atom is -0.455 e. The molecule has 146 valence electrons. The molecule has 7 heteroatoms. The normalized spacial score (nSPS) is 26.1. The molecule has 7 nitrogen and oxygen atoms in total. The number of hydrogen-bond acceptors (Lipinski definition) is 5. The van der Waals surface area contributed by atoms with E-state index >= 15 is 0 Å². The molecule has 3 atom stereocenters. The van der Waals surface area contributed by atoms with Gasteiger partial charge < -0.3 is 4.42 Å². The third-order valence-corrected chi connectivity index (χ3v) is 6.30. The van der Waals surface area contributed by atoms with Crippen LogP contribution in [0.15, 0.2) is 39.9 Å². The molecule has 0 unspecified atom stereocenters. The van der Waals surface area contributed by atoms with Gasteiger partial charge in [0.25, 0.3) is 5.69 Å². The Morgan fingerprint density at radius 1 is 1.36 bits per heavy atom. The predicted octanol–water partition coefficient (Wildman–Crippen LogP) is 4.44. The Hall–Kier alpha value is -2.96. The van der Waals surface area contributed by atoms with Gasteiger partial charge in [-0.15, -0.1) is 0 Å². The fourth-order valence-corrected chi connectivity index (χ4v) is 4.64. The highest BCUT2D eigenvalue weighted by Gasteiger charge is 2.64. The van der Waals surface area contributed by atoms with Gasteiger partial charge in [-0.25, -0.2) is 5.43 Å². The van der Waals surface area contributed by atoms with Crippen molar-refractivity contribution in [3.63, 3.8) is 0 Å². The lowest BCUT2D eigenvalue weighted by Crippen LogP contribution is -2.22. The standard InChI is InChI=1S/C21H23N3O4/c1-13-6-7-14(24(26)27)11-16(13)18-9-8-15(28-18)12-22-23-20(25)19-17-5-3-4-10-21(17,19)2/h6-9,11-12,17,19H,3-5,10H2,1-2H3,(H,23,25)/b22-12-/t17-,19-,21-/m0/s1. The zero-order chi connectivity index (χ0) is 19.9. The molecule has 2 aliphatic rings. The van der Waals surface area contributed by atoms with E-state index in [9.17, 15) is 14.9 Å². The van der Waals surface area contributed by atoms with E-state index in [1.165, 1.54) is 31.2 Å². The molecule has 0 aliphatic heterocycles. The van der Waals surface area contributed by atoms with Crippen molar-refractivity contribution >= 4 is 17.8 Å². The van der Waals surface area contributed by atoms with E-state index in [2.05, 4.69) is 17.5 Å². The van der Waals surface area contributed by atoms with Gasteiger partial charge in [0.05, 0.1) is 11.1 Å². The van der Waals surface area contributed by atoms with E-state index in [1.807, 2.05) is 6.92 Å². The topological polar surface area (TPSA) is 97.7 Å². The minimum atomic E-state index is -0.431. The summed E-state index contributed by atoms with van der Waals surface area (Å²) in [5.74, 6) is 1.53. The molecule has 1 N–H and O–H groups in total. The highest BCUT2D eigenvalue weighted by Crippen LogP contribution is 2.66. The number of carbonyl (C=O) groups is 1. The summed E-state index contributed by atoms with van der Waals surface area (Å²) in [6.07, 6.45) is 6.11. The van der Waals surface area contributed by atoms with Crippen molar-refractivity contribution in [2.75, 3.05) is 0 Å². The Morgan fingerprint density at radius 3 is 2.89 bits per heavy atom. The number of hydrazone groups is 1. The van der Waals surface area contributed by atoms with E-state index < -0.39 is 4.92 Å². The van der Waals surface area contributed by atoms with Gasteiger partial charge in [-0.05, 0) is 48.8 Å². The number of rotatable bonds is 5. The molecule has 28 heavy (non-hydrogen) atoms. The lowest BCUT2D eigenvalue weighted by molar-refractivity contribution is -0.384. The Kier molecular flexibility index (Phi) is 4.53. The molecule has 2 aliphatic carbocycles. The number of fused-ring (bicyclic) bond motifs is 1. The summed E-state index contributed by atoms with van der Waals surface area (Å²) in [5, 5.41) is 15.0. The van der Waals surface area contributed by atoms with Crippen LogP contribution in [0, 0.1) is 34.3 Å². The quantitative estimate of drug-likeness (QED) is 0.470. The van der Waals surface area contributed by atoms with Crippen molar-refractivity contribution in [1.29, 1.82) is 0 Å². The first-order chi connectivity index (χ1) is 13.4. The molecule has 0 spiro atoms. The largest absolute Gasteiger partial charge is 0.455 e. The summed E-state index contributed by atoms with van der Waals surface area (Å²) in [4.78, 5) is 23.0. The maximum Gasteiger partial charge on any atom is 0.270 e. The molecule has 2 saturated carbocycles. The Balaban J connectivity index is 1.42.